The zero-order chi connectivity index (χ0) is 27.6. The van der Waals surface area contributed by atoms with Gasteiger partial charge in [0.2, 0.25) is 10.0 Å². The van der Waals surface area contributed by atoms with Crippen molar-refractivity contribution in [1.82, 2.24) is 9.29 Å². The van der Waals surface area contributed by atoms with Crippen LogP contribution in [0.1, 0.15) is 55.3 Å². The molecule has 1 saturated carbocycles. The SMILES string of the molecule is COc1ccc(OC)c2sc(N(CC3CCCO3)C(=O)c3ccc(S(=O)(=O)N(C)C4CCCCC4)cc3)nc12. The fraction of sp³-hybridized carbons (Fsp3) is 0.500. The highest BCUT2D eigenvalue weighted by Gasteiger charge is 2.31. The topological polar surface area (TPSA) is 98.3 Å². The Morgan fingerprint density at radius 1 is 1.00 bits per heavy atom. The number of thiazole rings is 1. The van der Waals surface area contributed by atoms with Gasteiger partial charge in [-0.3, -0.25) is 9.69 Å². The van der Waals surface area contributed by atoms with Crippen LogP contribution in [0, 0.1) is 0 Å². The van der Waals surface area contributed by atoms with E-state index in [1.807, 2.05) is 6.07 Å². The maximum atomic E-state index is 13.9. The van der Waals surface area contributed by atoms with E-state index in [4.69, 9.17) is 19.2 Å². The maximum Gasteiger partial charge on any atom is 0.260 e. The van der Waals surface area contributed by atoms with Gasteiger partial charge >= 0.3 is 0 Å². The molecule has 9 nitrogen and oxygen atoms in total. The molecule has 2 aromatic carbocycles. The first-order valence-electron chi connectivity index (χ1n) is 13.4. The number of benzene rings is 2. The van der Waals surface area contributed by atoms with Gasteiger partial charge in [-0.25, -0.2) is 13.4 Å². The largest absolute Gasteiger partial charge is 0.495 e. The molecule has 0 bridgehead atoms. The Bertz CT molecular complexity index is 1370. The number of aromatic nitrogens is 1. The van der Waals surface area contributed by atoms with E-state index in [1.165, 1.54) is 27.8 Å². The molecule has 2 heterocycles. The highest BCUT2D eigenvalue weighted by molar-refractivity contribution is 7.89. The Morgan fingerprint density at radius 3 is 2.33 bits per heavy atom. The minimum absolute atomic E-state index is 0.0139. The van der Waals surface area contributed by atoms with E-state index in [0.717, 1.165) is 49.6 Å². The molecule has 2 aliphatic rings. The molecule has 1 aromatic heterocycles. The lowest BCUT2D eigenvalue weighted by Gasteiger charge is -2.30. The van der Waals surface area contributed by atoms with Crippen LogP contribution in [-0.4, -0.2) is 70.2 Å². The molecule has 11 heteroatoms. The lowest BCUT2D eigenvalue weighted by molar-refractivity contribution is 0.0917. The first kappa shape index (κ1) is 27.8. The summed E-state index contributed by atoms with van der Waals surface area (Å²) in [5.74, 6) is 0.970. The second-order valence-corrected chi connectivity index (χ2v) is 13.0. The van der Waals surface area contributed by atoms with Crippen molar-refractivity contribution in [2.45, 2.75) is 62.0 Å². The number of carbonyl (C=O) groups excluding carboxylic acids is 1. The van der Waals surface area contributed by atoms with Crippen LogP contribution in [-0.2, 0) is 14.8 Å². The molecule has 1 saturated heterocycles. The number of carbonyl (C=O) groups is 1. The van der Waals surface area contributed by atoms with E-state index in [-0.39, 0.29) is 22.9 Å². The van der Waals surface area contributed by atoms with Crippen LogP contribution in [0.3, 0.4) is 0 Å². The molecule has 0 radical (unpaired) electrons. The second-order valence-electron chi connectivity index (χ2n) is 10.0. The standard InChI is InChI=1S/C28H35N3O6S2/c1-30(20-8-5-4-6-9-20)39(33,34)22-13-11-19(12-14-22)27(32)31(18-21-10-7-17-37-21)28-29-25-23(35-2)15-16-24(36-3)26(25)38-28/h11-16,20-21H,4-10,17-18H2,1-3H3. The van der Waals surface area contributed by atoms with Crippen molar-refractivity contribution < 1.29 is 27.4 Å². The van der Waals surface area contributed by atoms with Crippen LogP contribution in [0.25, 0.3) is 10.2 Å². The number of rotatable bonds is 9. The molecule has 0 spiro atoms. The summed E-state index contributed by atoms with van der Waals surface area (Å²) < 4.78 is 45.8. The van der Waals surface area contributed by atoms with Crippen LogP contribution in [0.4, 0.5) is 5.13 Å². The van der Waals surface area contributed by atoms with Crippen molar-refractivity contribution >= 4 is 42.6 Å². The quantitative estimate of drug-likeness (QED) is 0.352. The summed E-state index contributed by atoms with van der Waals surface area (Å²) in [7, 11) is 1.18. The molecule has 0 N–H and O–H groups in total. The second kappa shape index (κ2) is 11.8. The summed E-state index contributed by atoms with van der Waals surface area (Å²) in [4.78, 5) is 20.5. The Kier molecular flexibility index (Phi) is 8.41. The van der Waals surface area contributed by atoms with Crippen molar-refractivity contribution in [2.24, 2.45) is 0 Å². The first-order chi connectivity index (χ1) is 18.8. The van der Waals surface area contributed by atoms with Crippen molar-refractivity contribution in [1.29, 1.82) is 0 Å². The number of sulfonamides is 1. The summed E-state index contributed by atoms with van der Waals surface area (Å²) >= 11 is 1.35. The maximum absolute atomic E-state index is 13.9. The molecule has 1 atom stereocenters. The van der Waals surface area contributed by atoms with Gasteiger partial charge in [0.05, 0.1) is 31.8 Å². The molecule has 5 rings (SSSR count). The minimum atomic E-state index is -3.65. The average Bonchev–Trinajstić information content (AvgIpc) is 3.65. The number of nitrogens with zero attached hydrogens (tertiary/aromatic N) is 3. The van der Waals surface area contributed by atoms with Gasteiger partial charge in [0.25, 0.3) is 5.91 Å². The first-order valence-corrected chi connectivity index (χ1v) is 15.6. The van der Waals surface area contributed by atoms with Gasteiger partial charge in [-0.15, -0.1) is 0 Å². The molecule has 210 valence electrons. The third kappa shape index (κ3) is 5.63. The van der Waals surface area contributed by atoms with Crippen molar-refractivity contribution in [3.05, 3.63) is 42.0 Å². The van der Waals surface area contributed by atoms with E-state index in [1.54, 1.807) is 44.4 Å². The molecule has 3 aromatic rings. The highest BCUT2D eigenvalue weighted by Crippen LogP contribution is 2.40. The number of hydrogen-bond acceptors (Lipinski definition) is 8. The van der Waals surface area contributed by atoms with Gasteiger partial charge in [0.15, 0.2) is 5.13 Å². The average molecular weight is 574 g/mol. The third-order valence-corrected chi connectivity index (χ3v) is 10.7. The lowest BCUT2D eigenvalue weighted by atomic mass is 9.96. The Hall–Kier alpha value is -2.73. The molecule has 1 aliphatic carbocycles. The Labute approximate surface area is 233 Å². The molecule has 1 amide bonds. The van der Waals surface area contributed by atoms with Crippen LogP contribution in [0.5, 0.6) is 11.5 Å². The predicted octanol–water partition coefficient (Wildman–Crippen LogP) is 5.09. The Balaban J connectivity index is 1.45. The predicted molar refractivity (Wildman–Crippen MR) is 152 cm³/mol. The van der Waals surface area contributed by atoms with E-state index in [0.29, 0.717) is 40.9 Å². The van der Waals surface area contributed by atoms with Gasteiger partial charge in [-0.2, -0.15) is 4.31 Å². The molecule has 39 heavy (non-hydrogen) atoms. The van der Waals surface area contributed by atoms with Crippen LogP contribution >= 0.6 is 11.3 Å². The molecule has 1 unspecified atom stereocenters. The number of methoxy groups -OCH3 is 2. The smallest absolute Gasteiger partial charge is 0.260 e. The van der Waals surface area contributed by atoms with Gasteiger partial charge in [0.1, 0.15) is 21.7 Å². The fourth-order valence-electron chi connectivity index (χ4n) is 5.36. The molecule has 2 fully saturated rings. The number of anilines is 1. The normalized spacial score (nSPS) is 18.5. The van der Waals surface area contributed by atoms with E-state index in [9.17, 15) is 13.2 Å². The minimum Gasteiger partial charge on any atom is -0.495 e. The van der Waals surface area contributed by atoms with E-state index < -0.39 is 10.0 Å². The summed E-state index contributed by atoms with van der Waals surface area (Å²) in [6, 6.07) is 9.84. The summed E-state index contributed by atoms with van der Waals surface area (Å²) in [5, 5.41) is 0.502. The van der Waals surface area contributed by atoms with Crippen molar-refractivity contribution in [3.63, 3.8) is 0 Å². The molecular weight excluding hydrogens is 538 g/mol. The number of ether oxygens (including phenoxy) is 3. The van der Waals surface area contributed by atoms with Crippen molar-refractivity contribution in [2.75, 3.05) is 39.3 Å². The number of fused-ring (bicyclic) bond motifs is 1. The van der Waals surface area contributed by atoms with Crippen LogP contribution < -0.4 is 14.4 Å². The number of hydrogen-bond donors (Lipinski definition) is 0. The highest BCUT2D eigenvalue weighted by atomic mass is 32.2. The van der Waals surface area contributed by atoms with Crippen LogP contribution in [0.2, 0.25) is 0 Å². The third-order valence-electron chi connectivity index (χ3n) is 7.65. The van der Waals surface area contributed by atoms with Gasteiger partial charge in [0, 0.05) is 25.3 Å². The van der Waals surface area contributed by atoms with Gasteiger partial charge in [-0.05, 0) is 62.1 Å². The summed E-state index contributed by atoms with van der Waals surface area (Å²) in [6.07, 6.45) is 6.68. The van der Waals surface area contributed by atoms with E-state index in [2.05, 4.69) is 0 Å². The fourth-order valence-corrected chi connectivity index (χ4v) is 7.86. The Morgan fingerprint density at radius 2 is 1.69 bits per heavy atom. The van der Waals surface area contributed by atoms with Gasteiger partial charge < -0.3 is 14.2 Å². The zero-order valence-corrected chi connectivity index (χ0v) is 24.2. The van der Waals surface area contributed by atoms with Crippen molar-refractivity contribution in [3.8, 4) is 11.5 Å². The summed E-state index contributed by atoms with van der Waals surface area (Å²) in [6.45, 7) is 1.00. The lowest BCUT2D eigenvalue weighted by Crippen LogP contribution is -2.38. The van der Waals surface area contributed by atoms with Crippen LogP contribution in [0.15, 0.2) is 41.3 Å². The van der Waals surface area contributed by atoms with Gasteiger partial charge in [-0.1, -0.05) is 30.6 Å². The number of amides is 1. The zero-order valence-electron chi connectivity index (χ0n) is 22.6. The molecule has 1 aliphatic heterocycles. The van der Waals surface area contributed by atoms with E-state index >= 15 is 0 Å². The summed E-state index contributed by atoms with van der Waals surface area (Å²) in [5.41, 5.74) is 1.000. The molecular formula is C28H35N3O6S2. The monoisotopic (exact) mass is 573 g/mol.